The minimum Gasteiger partial charge on any atom is -0.481 e. The average molecular weight is 197 g/mol. The van der Waals surface area contributed by atoms with Gasteiger partial charge in [-0.05, 0) is 25.2 Å². The number of carboxylic acid groups (broad SMARTS) is 1. The molecule has 1 aliphatic heterocycles. The van der Waals surface area contributed by atoms with Crippen LogP contribution in [0, 0.1) is 17.8 Å². The highest BCUT2D eigenvalue weighted by atomic mass is 16.4. The highest BCUT2D eigenvalue weighted by Crippen LogP contribution is 2.36. The quantitative estimate of drug-likeness (QED) is 0.624. The van der Waals surface area contributed by atoms with Crippen LogP contribution >= 0.6 is 0 Å². The van der Waals surface area contributed by atoms with Crippen molar-refractivity contribution in [2.24, 2.45) is 17.8 Å². The number of aldehydes is 1. The van der Waals surface area contributed by atoms with Gasteiger partial charge in [0.05, 0.1) is 5.92 Å². The van der Waals surface area contributed by atoms with Crippen LogP contribution in [0.5, 0.6) is 0 Å². The molecular formula is C10H15NO3. The summed E-state index contributed by atoms with van der Waals surface area (Å²) in [5.74, 6) is -0.424. The molecule has 4 atom stereocenters. The first-order chi connectivity index (χ1) is 6.72. The lowest BCUT2D eigenvalue weighted by atomic mass is 9.76. The number of carbonyl (C=O) groups excluding carboxylic acids is 1. The highest BCUT2D eigenvalue weighted by Gasteiger charge is 2.41. The van der Waals surface area contributed by atoms with Gasteiger partial charge >= 0.3 is 5.97 Å². The largest absolute Gasteiger partial charge is 0.481 e. The van der Waals surface area contributed by atoms with E-state index in [-0.39, 0.29) is 17.9 Å². The third kappa shape index (κ3) is 1.54. The molecule has 1 heterocycles. The number of carboxylic acids is 1. The molecule has 0 aromatic rings. The molecule has 4 heteroatoms. The Labute approximate surface area is 82.7 Å². The zero-order valence-corrected chi connectivity index (χ0v) is 7.98. The number of carbonyl (C=O) groups is 2. The third-order valence-electron chi connectivity index (χ3n) is 3.59. The lowest BCUT2D eigenvalue weighted by Gasteiger charge is -2.30. The molecule has 0 amide bonds. The van der Waals surface area contributed by atoms with E-state index in [9.17, 15) is 9.59 Å². The van der Waals surface area contributed by atoms with Gasteiger partial charge in [-0.1, -0.05) is 0 Å². The van der Waals surface area contributed by atoms with Crippen LogP contribution in [0.1, 0.15) is 19.3 Å². The molecule has 2 N–H and O–H groups in total. The second-order valence-corrected chi connectivity index (χ2v) is 4.33. The van der Waals surface area contributed by atoms with Crippen LogP contribution in [0.3, 0.4) is 0 Å². The summed E-state index contributed by atoms with van der Waals surface area (Å²) in [6.45, 7) is 0.727. The molecule has 78 valence electrons. The molecule has 0 spiro atoms. The van der Waals surface area contributed by atoms with Gasteiger partial charge in [0.1, 0.15) is 6.29 Å². The predicted octanol–water partition coefficient (Wildman–Crippen LogP) is 0.274. The van der Waals surface area contributed by atoms with Gasteiger partial charge in [0.2, 0.25) is 0 Å². The molecule has 0 bridgehead atoms. The van der Waals surface area contributed by atoms with E-state index in [4.69, 9.17) is 5.11 Å². The number of nitrogens with one attached hydrogen (secondary N) is 1. The lowest BCUT2D eigenvalue weighted by molar-refractivity contribution is -0.143. The maximum absolute atomic E-state index is 10.8. The van der Waals surface area contributed by atoms with E-state index in [0.29, 0.717) is 12.3 Å². The summed E-state index contributed by atoms with van der Waals surface area (Å²) in [4.78, 5) is 21.5. The Hall–Kier alpha value is -0.900. The zero-order chi connectivity index (χ0) is 10.1. The van der Waals surface area contributed by atoms with Crippen molar-refractivity contribution in [2.75, 3.05) is 6.54 Å². The van der Waals surface area contributed by atoms with E-state index in [0.717, 1.165) is 25.7 Å². The SMILES string of the molecule is O=CC1CNC2CC(C(=O)O)CCC12. The lowest BCUT2D eigenvalue weighted by Crippen LogP contribution is -2.36. The van der Waals surface area contributed by atoms with Crippen LogP contribution in [0.4, 0.5) is 0 Å². The smallest absolute Gasteiger partial charge is 0.306 e. The van der Waals surface area contributed by atoms with Gasteiger partial charge in [-0.25, -0.2) is 0 Å². The van der Waals surface area contributed by atoms with Crippen molar-refractivity contribution in [3.8, 4) is 0 Å². The summed E-state index contributed by atoms with van der Waals surface area (Å²) in [5, 5.41) is 12.1. The van der Waals surface area contributed by atoms with Crippen LogP contribution in [-0.2, 0) is 9.59 Å². The Morgan fingerprint density at radius 3 is 2.86 bits per heavy atom. The van der Waals surface area contributed by atoms with E-state index in [1.165, 1.54) is 0 Å². The Balaban J connectivity index is 2.00. The fraction of sp³-hybridized carbons (Fsp3) is 0.800. The summed E-state index contributed by atoms with van der Waals surface area (Å²) in [7, 11) is 0. The van der Waals surface area contributed by atoms with Gasteiger partial charge in [0.25, 0.3) is 0 Å². The minimum atomic E-state index is -0.695. The maximum Gasteiger partial charge on any atom is 0.306 e. The second kappa shape index (κ2) is 3.69. The Bertz CT molecular complexity index is 254. The first kappa shape index (κ1) is 9.65. The van der Waals surface area contributed by atoms with Crippen molar-refractivity contribution < 1.29 is 14.7 Å². The Kier molecular flexibility index (Phi) is 2.54. The van der Waals surface area contributed by atoms with Gasteiger partial charge in [0, 0.05) is 18.5 Å². The van der Waals surface area contributed by atoms with Gasteiger partial charge < -0.3 is 15.2 Å². The predicted molar refractivity (Wildman–Crippen MR) is 49.8 cm³/mol. The van der Waals surface area contributed by atoms with Crippen LogP contribution in [0.15, 0.2) is 0 Å². The maximum atomic E-state index is 10.8. The number of aliphatic carboxylic acids is 1. The Morgan fingerprint density at radius 2 is 2.21 bits per heavy atom. The molecule has 1 aliphatic carbocycles. The van der Waals surface area contributed by atoms with E-state index in [1.54, 1.807) is 0 Å². The van der Waals surface area contributed by atoms with E-state index < -0.39 is 5.97 Å². The fourth-order valence-corrected chi connectivity index (χ4v) is 2.75. The average Bonchev–Trinajstić information content (AvgIpc) is 2.59. The van der Waals surface area contributed by atoms with Crippen molar-refractivity contribution >= 4 is 12.3 Å². The topological polar surface area (TPSA) is 66.4 Å². The molecule has 1 saturated heterocycles. The van der Waals surface area contributed by atoms with Crippen LogP contribution < -0.4 is 5.32 Å². The Morgan fingerprint density at radius 1 is 1.43 bits per heavy atom. The summed E-state index contributed by atoms with van der Waals surface area (Å²) in [6, 6.07) is 0.250. The molecule has 4 nitrogen and oxygen atoms in total. The van der Waals surface area contributed by atoms with Crippen molar-refractivity contribution in [3.63, 3.8) is 0 Å². The third-order valence-corrected chi connectivity index (χ3v) is 3.59. The van der Waals surface area contributed by atoms with Crippen LogP contribution in [0.2, 0.25) is 0 Å². The molecule has 2 rings (SSSR count). The first-order valence-corrected chi connectivity index (χ1v) is 5.14. The zero-order valence-electron chi connectivity index (χ0n) is 7.98. The van der Waals surface area contributed by atoms with Crippen molar-refractivity contribution in [1.82, 2.24) is 5.32 Å². The van der Waals surface area contributed by atoms with E-state index in [2.05, 4.69) is 5.32 Å². The number of hydrogen-bond donors (Lipinski definition) is 2. The van der Waals surface area contributed by atoms with Gasteiger partial charge in [-0.3, -0.25) is 4.79 Å². The second-order valence-electron chi connectivity index (χ2n) is 4.33. The highest BCUT2D eigenvalue weighted by molar-refractivity contribution is 5.70. The number of hydrogen-bond acceptors (Lipinski definition) is 3. The summed E-state index contributed by atoms with van der Waals surface area (Å²) < 4.78 is 0. The standard InChI is InChI=1S/C10H15NO3/c12-5-7-4-11-9-3-6(10(13)14)1-2-8(7)9/h5-9,11H,1-4H2,(H,13,14). The van der Waals surface area contributed by atoms with Crippen LogP contribution in [0.25, 0.3) is 0 Å². The van der Waals surface area contributed by atoms with Crippen molar-refractivity contribution in [2.45, 2.75) is 25.3 Å². The monoisotopic (exact) mass is 197 g/mol. The van der Waals surface area contributed by atoms with Gasteiger partial charge in [-0.2, -0.15) is 0 Å². The molecule has 2 fully saturated rings. The molecule has 0 aromatic heterocycles. The van der Waals surface area contributed by atoms with Crippen LogP contribution in [-0.4, -0.2) is 29.9 Å². The summed E-state index contributed by atoms with van der Waals surface area (Å²) in [5.41, 5.74) is 0. The number of rotatable bonds is 2. The van der Waals surface area contributed by atoms with E-state index >= 15 is 0 Å². The van der Waals surface area contributed by atoms with Crippen molar-refractivity contribution in [3.05, 3.63) is 0 Å². The summed E-state index contributed by atoms with van der Waals surface area (Å²) >= 11 is 0. The number of fused-ring (bicyclic) bond motifs is 1. The first-order valence-electron chi connectivity index (χ1n) is 5.14. The van der Waals surface area contributed by atoms with E-state index in [1.807, 2.05) is 0 Å². The minimum absolute atomic E-state index is 0.106. The molecule has 0 radical (unpaired) electrons. The molecule has 4 unspecified atom stereocenters. The molecule has 0 aromatic carbocycles. The molecule has 1 saturated carbocycles. The molecule has 14 heavy (non-hydrogen) atoms. The van der Waals surface area contributed by atoms with Gasteiger partial charge in [0.15, 0.2) is 0 Å². The molecular weight excluding hydrogens is 182 g/mol. The van der Waals surface area contributed by atoms with Crippen molar-refractivity contribution in [1.29, 1.82) is 0 Å². The van der Waals surface area contributed by atoms with Gasteiger partial charge in [-0.15, -0.1) is 0 Å². The normalized spacial score (nSPS) is 41.7. The molecule has 2 aliphatic rings. The summed E-state index contributed by atoms with van der Waals surface area (Å²) in [6.07, 6.45) is 3.30. The fourth-order valence-electron chi connectivity index (χ4n) is 2.75.